The molecule has 5 rings (SSSR count). The van der Waals surface area contributed by atoms with Crippen LogP contribution in [0, 0.1) is 11.8 Å². The molecule has 2 unspecified atom stereocenters. The molecule has 8 nitrogen and oxygen atoms in total. The van der Waals surface area contributed by atoms with E-state index < -0.39 is 58.8 Å². The molecule has 0 N–H and O–H groups in total. The average Bonchev–Trinajstić information content (AvgIpc) is 3.09. The number of alkyl halides is 6. The molecule has 0 saturated carbocycles. The maximum Gasteiger partial charge on any atom is 0.432 e. The monoisotopic (exact) mass is 737 g/mol. The zero-order valence-electron chi connectivity index (χ0n) is 29.3. The van der Waals surface area contributed by atoms with Gasteiger partial charge in [0.05, 0.1) is 7.11 Å². The minimum absolute atomic E-state index is 0.00447. The van der Waals surface area contributed by atoms with Crippen LogP contribution < -0.4 is 9.47 Å². The van der Waals surface area contributed by atoms with Gasteiger partial charge in [-0.05, 0) is 42.0 Å². The second-order valence-corrected chi connectivity index (χ2v) is 13.4. The van der Waals surface area contributed by atoms with Gasteiger partial charge in [0.15, 0.2) is 11.5 Å². The molecule has 5 atom stereocenters. The summed E-state index contributed by atoms with van der Waals surface area (Å²) in [6, 6.07) is 15.3. The molecule has 52 heavy (non-hydrogen) atoms. The van der Waals surface area contributed by atoms with Gasteiger partial charge in [0.1, 0.15) is 6.10 Å². The summed E-state index contributed by atoms with van der Waals surface area (Å²) in [7, 11) is 2.84. The zero-order valence-corrected chi connectivity index (χ0v) is 29.3. The van der Waals surface area contributed by atoms with E-state index in [4.69, 9.17) is 23.7 Å². The quantitative estimate of drug-likeness (QED) is 0.113. The maximum absolute atomic E-state index is 14.8. The molecule has 2 heterocycles. The molecule has 0 bridgehead atoms. The van der Waals surface area contributed by atoms with E-state index in [2.05, 4.69) is 4.90 Å². The van der Waals surface area contributed by atoms with Gasteiger partial charge in [0.2, 0.25) is 0 Å². The van der Waals surface area contributed by atoms with E-state index in [1.807, 2.05) is 13.8 Å². The molecule has 0 spiro atoms. The number of hydrogen-bond acceptors (Lipinski definition) is 8. The third kappa shape index (κ3) is 7.00. The second kappa shape index (κ2) is 15.1. The van der Waals surface area contributed by atoms with Crippen molar-refractivity contribution < 1.29 is 59.6 Å². The average molecular weight is 738 g/mol. The summed E-state index contributed by atoms with van der Waals surface area (Å²) in [6.07, 6.45) is -10.3. The van der Waals surface area contributed by atoms with Crippen molar-refractivity contribution in [2.24, 2.45) is 11.8 Å². The summed E-state index contributed by atoms with van der Waals surface area (Å²) in [4.78, 5) is 29.4. The highest BCUT2D eigenvalue weighted by Gasteiger charge is 2.65. The van der Waals surface area contributed by atoms with Crippen molar-refractivity contribution in [2.75, 3.05) is 34.4 Å². The molecule has 282 valence electrons. The summed E-state index contributed by atoms with van der Waals surface area (Å²) < 4.78 is 115. The molecule has 2 aliphatic heterocycles. The van der Waals surface area contributed by atoms with Crippen molar-refractivity contribution in [1.29, 1.82) is 0 Å². The van der Waals surface area contributed by atoms with Gasteiger partial charge in [-0.3, -0.25) is 4.90 Å². The number of esters is 2. The maximum atomic E-state index is 14.8. The Labute approximate surface area is 297 Å². The van der Waals surface area contributed by atoms with Crippen LogP contribution in [0.2, 0.25) is 0 Å². The molecule has 2 aliphatic rings. The minimum Gasteiger partial charge on any atom is -0.493 e. The van der Waals surface area contributed by atoms with Crippen LogP contribution in [0.3, 0.4) is 0 Å². The number of rotatable bonds is 11. The fourth-order valence-electron chi connectivity index (χ4n) is 7.47. The van der Waals surface area contributed by atoms with Gasteiger partial charge in [-0.15, -0.1) is 0 Å². The van der Waals surface area contributed by atoms with Crippen LogP contribution in [0.25, 0.3) is 0 Å². The molecular weight excluding hydrogens is 696 g/mol. The summed E-state index contributed by atoms with van der Waals surface area (Å²) in [6.45, 7) is 4.81. The Hall–Kier alpha value is -4.14. The molecule has 14 heteroatoms. The fourth-order valence-corrected chi connectivity index (χ4v) is 7.47. The van der Waals surface area contributed by atoms with Gasteiger partial charge in [-0.2, -0.15) is 26.3 Å². The molecule has 1 saturated heterocycles. The Morgan fingerprint density at radius 1 is 0.788 bits per heavy atom. The van der Waals surface area contributed by atoms with Crippen LogP contribution >= 0.6 is 0 Å². The van der Waals surface area contributed by atoms with Gasteiger partial charge in [-0.1, -0.05) is 74.5 Å². The number of carbonyl (C=O) groups excluding carboxylic acids is 2. The van der Waals surface area contributed by atoms with Crippen molar-refractivity contribution in [3.63, 3.8) is 0 Å². The molecule has 0 aromatic heterocycles. The number of carbonyl (C=O) groups is 2. The van der Waals surface area contributed by atoms with Gasteiger partial charge < -0.3 is 23.7 Å². The predicted molar refractivity (Wildman–Crippen MR) is 176 cm³/mol. The third-order valence-electron chi connectivity index (χ3n) is 9.93. The van der Waals surface area contributed by atoms with Crippen molar-refractivity contribution in [2.45, 2.75) is 68.8 Å². The molecule has 0 amide bonds. The normalized spacial score (nSPS) is 21.7. The van der Waals surface area contributed by atoms with Crippen molar-refractivity contribution in [3.05, 3.63) is 95.1 Å². The zero-order chi connectivity index (χ0) is 38.1. The molecule has 1 fully saturated rings. The number of halogens is 6. The smallest absolute Gasteiger partial charge is 0.432 e. The van der Waals surface area contributed by atoms with E-state index >= 15 is 0 Å². The largest absolute Gasteiger partial charge is 0.493 e. The minimum atomic E-state index is -5.22. The summed E-state index contributed by atoms with van der Waals surface area (Å²) >= 11 is 0. The van der Waals surface area contributed by atoms with Crippen LogP contribution in [-0.4, -0.2) is 69.7 Å². The van der Waals surface area contributed by atoms with Gasteiger partial charge >= 0.3 is 24.3 Å². The number of piperidine rings is 1. The Balaban J connectivity index is 1.52. The first-order chi connectivity index (χ1) is 24.5. The van der Waals surface area contributed by atoms with E-state index in [1.54, 1.807) is 6.07 Å². The number of nitrogens with zero attached hydrogens (tertiary/aromatic N) is 1. The SMILES string of the molecule is COc1cc2c(cc1OC(=O)[C@](OC)(c1ccccc1)C(F)(F)F)C1CC(OC(=O)[C@](OC)(c3ccccc3)C(F)(F)F)[C@H](CC(C)C)CN1CC2. The third-order valence-corrected chi connectivity index (χ3v) is 9.93. The van der Waals surface area contributed by atoms with Crippen LogP contribution in [0.5, 0.6) is 11.5 Å². The number of methoxy groups -OCH3 is 3. The lowest BCUT2D eigenvalue weighted by Gasteiger charge is -2.47. The van der Waals surface area contributed by atoms with Crippen LogP contribution in [0.4, 0.5) is 26.3 Å². The van der Waals surface area contributed by atoms with E-state index in [9.17, 15) is 35.9 Å². The lowest BCUT2D eigenvalue weighted by Crippen LogP contribution is -2.55. The van der Waals surface area contributed by atoms with Crippen molar-refractivity contribution >= 4 is 11.9 Å². The van der Waals surface area contributed by atoms with Crippen molar-refractivity contribution in [1.82, 2.24) is 4.90 Å². The van der Waals surface area contributed by atoms with E-state index in [1.165, 1.54) is 49.6 Å². The Bertz CT molecular complexity index is 1720. The highest BCUT2D eigenvalue weighted by Crippen LogP contribution is 2.49. The topological polar surface area (TPSA) is 83.5 Å². The Morgan fingerprint density at radius 2 is 1.33 bits per heavy atom. The summed E-state index contributed by atoms with van der Waals surface area (Å²) in [5.41, 5.74) is -6.51. The first-order valence-electron chi connectivity index (χ1n) is 16.8. The van der Waals surface area contributed by atoms with E-state index in [-0.39, 0.29) is 29.8 Å². The second-order valence-electron chi connectivity index (χ2n) is 13.4. The predicted octanol–water partition coefficient (Wildman–Crippen LogP) is 7.69. The molecule has 0 radical (unpaired) electrons. The van der Waals surface area contributed by atoms with Crippen LogP contribution in [0.1, 0.15) is 55.0 Å². The first kappa shape index (κ1) is 39.1. The molecule has 3 aromatic carbocycles. The van der Waals surface area contributed by atoms with Crippen LogP contribution in [0.15, 0.2) is 72.8 Å². The Morgan fingerprint density at radius 3 is 1.81 bits per heavy atom. The molecule has 0 aliphatic carbocycles. The standard InChI is InChI=1S/C38H41F6NO7/c1-23(2)18-25-22-45-17-16-24-19-31(48-3)32(52-34(47)36(50-5,38(42,43)44)27-14-10-7-11-15-27)20-28(24)29(45)21-30(25)51-33(46)35(49-4,37(39,40)41)26-12-8-6-9-13-26/h6-15,19-20,23,25,29-30H,16-18,21-22H2,1-5H3/t25-,29?,30?,35-,36-/m1/s1. The highest BCUT2D eigenvalue weighted by molar-refractivity contribution is 5.85. The number of benzene rings is 3. The Kier molecular flexibility index (Phi) is 11.3. The number of ether oxygens (including phenoxy) is 5. The highest BCUT2D eigenvalue weighted by atomic mass is 19.4. The van der Waals surface area contributed by atoms with Gasteiger partial charge in [-0.25, -0.2) is 9.59 Å². The number of hydrogen-bond donors (Lipinski definition) is 0. The lowest BCUT2D eigenvalue weighted by atomic mass is 9.78. The number of fused-ring (bicyclic) bond motifs is 3. The molecular formula is C38H41F6NO7. The van der Waals surface area contributed by atoms with Crippen molar-refractivity contribution in [3.8, 4) is 11.5 Å². The fraction of sp³-hybridized carbons (Fsp3) is 0.474. The summed E-state index contributed by atoms with van der Waals surface area (Å²) in [5.74, 6) is -3.92. The first-order valence-corrected chi connectivity index (χ1v) is 16.8. The van der Waals surface area contributed by atoms with Crippen LogP contribution in [-0.2, 0) is 41.4 Å². The lowest BCUT2D eigenvalue weighted by molar-refractivity contribution is -0.280. The summed E-state index contributed by atoms with van der Waals surface area (Å²) in [5, 5.41) is 0. The van der Waals surface area contributed by atoms with E-state index in [0.717, 1.165) is 44.0 Å². The van der Waals surface area contributed by atoms with Gasteiger partial charge in [0.25, 0.3) is 11.2 Å². The van der Waals surface area contributed by atoms with E-state index in [0.29, 0.717) is 31.5 Å². The van der Waals surface area contributed by atoms with Gasteiger partial charge in [0, 0.05) is 56.8 Å². The molecule has 3 aromatic rings.